The van der Waals surface area contributed by atoms with Crippen LogP contribution in [-0.2, 0) is 0 Å². The number of hydrogen-bond acceptors (Lipinski definition) is 8. The van der Waals surface area contributed by atoms with E-state index in [-0.39, 0.29) is 17.8 Å². The van der Waals surface area contributed by atoms with Gasteiger partial charge >= 0.3 is 0 Å². The standard InChI is InChI=1S/C27H23ClN8O/c1-2-23(16-5-3-7-20(37)9-16)34-25-18(12-29)14-31-27-21(25)10-19(11-22(27)28)33-26(24-15-32-36-35-24)17-6-4-8-30-13-17/h3-11,13-15,23,26,33,37H,2H2,1H3,(H,31,34)(H,32,35,36)/t23-,26-/m0/s1. The summed E-state index contributed by atoms with van der Waals surface area (Å²) in [5.41, 5.74) is 4.76. The molecule has 0 fully saturated rings. The maximum absolute atomic E-state index is 9.99. The van der Waals surface area contributed by atoms with Crippen molar-refractivity contribution in [2.75, 3.05) is 10.6 Å². The molecule has 0 bridgehead atoms. The fourth-order valence-electron chi connectivity index (χ4n) is 4.31. The van der Waals surface area contributed by atoms with Gasteiger partial charge in [0.15, 0.2) is 0 Å². The molecule has 3 aromatic heterocycles. The smallest absolute Gasteiger partial charge is 0.115 e. The Morgan fingerprint density at radius 2 is 1.97 bits per heavy atom. The highest BCUT2D eigenvalue weighted by molar-refractivity contribution is 6.35. The van der Waals surface area contributed by atoms with Crippen LogP contribution in [0.5, 0.6) is 5.75 Å². The van der Waals surface area contributed by atoms with Gasteiger partial charge in [-0.25, -0.2) is 0 Å². The van der Waals surface area contributed by atoms with E-state index in [0.717, 1.165) is 17.5 Å². The summed E-state index contributed by atoms with van der Waals surface area (Å²) in [4.78, 5) is 8.70. The number of phenols is 1. The quantitative estimate of drug-likeness (QED) is 0.207. The topological polar surface area (TPSA) is 135 Å². The van der Waals surface area contributed by atoms with E-state index < -0.39 is 0 Å². The normalized spacial score (nSPS) is 12.6. The number of aromatic nitrogens is 5. The SMILES string of the molecule is CC[C@H](Nc1c(C#N)cnc2c(Cl)cc(N[C@@H](c3cccnc3)c3c[nH]nn3)cc12)c1cccc(O)c1. The van der Waals surface area contributed by atoms with Gasteiger partial charge in [-0.05, 0) is 47.9 Å². The van der Waals surface area contributed by atoms with Gasteiger partial charge in [0.1, 0.15) is 17.5 Å². The lowest BCUT2D eigenvalue weighted by Crippen LogP contribution is -2.14. The van der Waals surface area contributed by atoms with Crippen molar-refractivity contribution in [2.45, 2.75) is 25.4 Å². The number of phenolic OH excluding ortho intramolecular Hbond substituents is 1. The van der Waals surface area contributed by atoms with Gasteiger partial charge in [0.2, 0.25) is 0 Å². The third-order valence-electron chi connectivity index (χ3n) is 6.10. The Labute approximate surface area is 218 Å². The molecule has 0 saturated heterocycles. The molecule has 0 aliphatic rings. The molecule has 0 amide bonds. The summed E-state index contributed by atoms with van der Waals surface area (Å²) in [5.74, 6) is 0.182. The van der Waals surface area contributed by atoms with Crippen LogP contribution in [0.1, 0.15) is 47.8 Å². The molecule has 2 atom stereocenters. The fourth-order valence-corrected chi connectivity index (χ4v) is 4.58. The van der Waals surface area contributed by atoms with Crippen LogP contribution < -0.4 is 10.6 Å². The second-order valence-electron chi connectivity index (χ2n) is 8.48. The predicted octanol–water partition coefficient (Wildman–Crippen LogP) is 5.74. The zero-order valence-electron chi connectivity index (χ0n) is 19.9. The van der Waals surface area contributed by atoms with Crippen LogP contribution in [0.15, 0.2) is 73.3 Å². The second kappa shape index (κ2) is 10.5. The fraction of sp³-hybridized carbons (Fsp3) is 0.148. The monoisotopic (exact) mass is 510 g/mol. The Balaban J connectivity index is 1.59. The number of H-pyrrole nitrogens is 1. The van der Waals surface area contributed by atoms with E-state index in [9.17, 15) is 10.4 Å². The Morgan fingerprint density at radius 1 is 1.11 bits per heavy atom. The average Bonchev–Trinajstić information content (AvgIpc) is 3.45. The number of pyridine rings is 2. The molecule has 10 heteroatoms. The van der Waals surface area contributed by atoms with E-state index in [1.54, 1.807) is 42.9 Å². The minimum Gasteiger partial charge on any atom is -0.508 e. The van der Waals surface area contributed by atoms with Crippen LogP contribution in [0.2, 0.25) is 5.02 Å². The zero-order valence-corrected chi connectivity index (χ0v) is 20.6. The molecule has 5 rings (SSSR count). The maximum atomic E-state index is 9.99. The zero-order chi connectivity index (χ0) is 25.8. The molecule has 0 saturated carbocycles. The van der Waals surface area contributed by atoms with Gasteiger partial charge in [-0.15, -0.1) is 5.10 Å². The van der Waals surface area contributed by atoms with E-state index >= 15 is 0 Å². The number of rotatable bonds is 8. The van der Waals surface area contributed by atoms with Crippen molar-refractivity contribution >= 4 is 33.9 Å². The first-order chi connectivity index (χ1) is 18.1. The van der Waals surface area contributed by atoms with Gasteiger partial charge in [0, 0.05) is 35.9 Å². The molecule has 9 nitrogen and oxygen atoms in total. The molecule has 0 unspecified atom stereocenters. The number of fused-ring (bicyclic) bond motifs is 1. The van der Waals surface area contributed by atoms with Crippen molar-refractivity contribution in [3.8, 4) is 11.8 Å². The maximum Gasteiger partial charge on any atom is 0.115 e. The number of aromatic amines is 1. The highest BCUT2D eigenvalue weighted by atomic mass is 35.5. The van der Waals surface area contributed by atoms with E-state index in [4.69, 9.17) is 11.6 Å². The predicted molar refractivity (Wildman–Crippen MR) is 142 cm³/mol. The summed E-state index contributed by atoms with van der Waals surface area (Å²) in [6.45, 7) is 2.04. The van der Waals surface area contributed by atoms with Gasteiger partial charge < -0.3 is 15.7 Å². The number of nitrogens with zero attached hydrogens (tertiary/aromatic N) is 5. The third kappa shape index (κ3) is 5.01. The Morgan fingerprint density at radius 3 is 2.68 bits per heavy atom. The van der Waals surface area contributed by atoms with Crippen LogP contribution in [0.25, 0.3) is 10.9 Å². The summed E-state index contributed by atoms with van der Waals surface area (Å²) in [5, 5.41) is 38.8. The molecule has 2 aromatic carbocycles. The van der Waals surface area contributed by atoms with Gasteiger partial charge in [0.25, 0.3) is 0 Å². The largest absolute Gasteiger partial charge is 0.508 e. The molecule has 37 heavy (non-hydrogen) atoms. The van der Waals surface area contributed by atoms with Gasteiger partial charge in [0.05, 0.1) is 33.9 Å². The van der Waals surface area contributed by atoms with Crippen molar-refractivity contribution in [3.05, 3.63) is 101 Å². The molecule has 4 N–H and O–H groups in total. The number of nitrogens with one attached hydrogen (secondary N) is 3. The van der Waals surface area contributed by atoms with Crippen molar-refractivity contribution in [1.29, 1.82) is 5.26 Å². The summed E-state index contributed by atoms with van der Waals surface area (Å²) >= 11 is 6.70. The second-order valence-corrected chi connectivity index (χ2v) is 8.88. The lowest BCUT2D eigenvalue weighted by Gasteiger charge is -2.22. The van der Waals surface area contributed by atoms with E-state index in [1.165, 1.54) is 6.20 Å². The summed E-state index contributed by atoms with van der Waals surface area (Å²) < 4.78 is 0. The first-order valence-electron chi connectivity index (χ1n) is 11.7. The lowest BCUT2D eigenvalue weighted by molar-refractivity contribution is 0.474. The van der Waals surface area contributed by atoms with Crippen molar-refractivity contribution < 1.29 is 5.11 Å². The van der Waals surface area contributed by atoms with E-state index in [0.29, 0.717) is 38.6 Å². The first kappa shape index (κ1) is 24.0. The average molecular weight is 511 g/mol. The molecule has 184 valence electrons. The molecule has 3 heterocycles. The van der Waals surface area contributed by atoms with Gasteiger partial charge in [-0.2, -0.15) is 5.26 Å². The molecule has 5 aromatic rings. The van der Waals surface area contributed by atoms with Crippen LogP contribution in [0.3, 0.4) is 0 Å². The van der Waals surface area contributed by atoms with Crippen LogP contribution in [-0.4, -0.2) is 30.5 Å². The summed E-state index contributed by atoms with van der Waals surface area (Å²) in [6, 6.07) is 16.3. The number of halogens is 1. The number of nitriles is 1. The van der Waals surface area contributed by atoms with Crippen molar-refractivity contribution in [2.24, 2.45) is 0 Å². The molecule has 0 radical (unpaired) electrons. The number of anilines is 2. The third-order valence-corrected chi connectivity index (χ3v) is 6.39. The van der Waals surface area contributed by atoms with Crippen LogP contribution in [0.4, 0.5) is 11.4 Å². The van der Waals surface area contributed by atoms with E-state index in [1.807, 2.05) is 31.2 Å². The van der Waals surface area contributed by atoms with Crippen LogP contribution in [0, 0.1) is 11.3 Å². The summed E-state index contributed by atoms with van der Waals surface area (Å²) in [7, 11) is 0. The Hall–Kier alpha value is -4.68. The Bertz CT molecular complexity index is 1570. The minimum absolute atomic E-state index is 0.154. The molecule has 0 spiro atoms. The number of aromatic hydroxyl groups is 1. The van der Waals surface area contributed by atoms with Crippen molar-refractivity contribution in [3.63, 3.8) is 0 Å². The highest BCUT2D eigenvalue weighted by Gasteiger charge is 2.20. The molecule has 0 aliphatic carbocycles. The number of hydrogen-bond donors (Lipinski definition) is 4. The Kier molecular flexibility index (Phi) is 6.83. The van der Waals surface area contributed by atoms with Gasteiger partial charge in [-0.1, -0.05) is 41.9 Å². The summed E-state index contributed by atoms with van der Waals surface area (Å²) in [6.07, 6.45) is 7.43. The molecule has 0 aliphatic heterocycles. The molecular weight excluding hydrogens is 488 g/mol. The lowest BCUT2D eigenvalue weighted by atomic mass is 10.0. The first-order valence-corrected chi connectivity index (χ1v) is 12.1. The molecular formula is C27H23ClN8O. The highest BCUT2D eigenvalue weighted by Crippen LogP contribution is 2.37. The van der Waals surface area contributed by atoms with Gasteiger partial charge in [-0.3, -0.25) is 15.1 Å². The number of benzene rings is 2. The minimum atomic E-state index is -0.347. The van der Waals surface area contributed by atoms with Crippen molar-refractivity contribution in [1.82, 2.24) is 25.4 Å². The van der Waals surface area contributed by atoms with E-state index in [2.05, 4.69) is 42.1 Å². The van der Waals surface area contributed by atoms with Crippen LogP contribution >= 0.6 is 11.6 Å².